The molecule has 22 heavy (non-hydrogen) atoms. The zero-order valence-corrected chi connectivity index (χ0v) is 13.5. The van der Waals surface area contributed by atoms with Crippen molar-refractivity contribution in [3.05, 3.63) is 34.0 Å². The van der Waals surface area contributed by atoms with Crippen LogP contribution in [0.5, 0.6) is 0 Å². The van der Waals surface area contributed by atoms with Gasteiger partial charge in [-0.05, 0) is 31.5 Å². The van der Waals surface area contributed by atoms with Gasteiger partial charge in [-0.3, -0.25) is 9.40 Å². The topological polar surface area (TPSA) is 114 Å². The van der Waals surface area contributed by atoms with E-state index >= 15 is 0 Å². The summed E-state index contributed by atoms with van der Waals surface area (Å²) in [6, 6.07) is 2.39. The molecule has 0 aliphatic heterocycles. The summed E-state index contributed by atoms with van der Waals surface area (Å²) < 4.78 is 28.6. The van der Waals surface area contributed by atoms with E-state index in [2.05, 4.69) is 15.0 Å². The highest BCUT2D eigenvalue weighted by Crippen LogP contribution is 2.26. The third kappa shape index (κ3) is 2.90. The fraction of sp³-hybridized carbons (Fsp3) is 0.250. The highest BCUT2D eigenvalue weighted by molar-refractivity contribution is 7.92. The predicted molar refractivity (Wildman–Crippen MR) is 79.7 cm³/mol. The van der Waals surface area contributed by atoms with Crippen molar-refractivity contribution in [1.29, 1.82) is 0 Å². The third-order valence-electron chi connectivity index (χ3n) is 3.18. The molecule has 8 nitrogen and oxygen atoms in total. The average molecular weight is 345 g/mol. The van der Waals surface area contributed by atoms with E-state index in [1.807, 2.05) is 0 Å². The minimum Gasteiger partial charge on any atom is -0.478 e. The van der Waals surface area contributed by atoms with Crippen LogP contribution in [0.1, 0.15) is 21.6 Å². The molecule has 0 unspecified atom stereocenters. The average Bonchev–Trinajstić information content (AvgIpc) is 2.72. The fourth-order valence-corrected chi connectivity index (χ4v) is 3.47. The highest BCUT2D eigenvalue weighted by Gasteiger charge is 2.24. The smallest absolute Gasteiger partial charge is 0.336 e. The van der Waals surface area contributed by atoms with Crippen molar-refractivity contribution in [2.45, 2.75) is 18.7 Å². The van der Waals surface area contributed by atoms with Crippen molar-refractivity contribution >= 4 is 33.4 Å². The van der Waals surface area contributed by atoms with Gasteiger partial charge in [0.1, 0.15) is 0 Å². The first-order valence-corrected chi connectivity index (χ1v) is 7.92. The first-order chi connectivity index (χ1) is 10.1. The second-order valence-electron chi connectivity index (χ2n) is 4.63. The molecule has 1 aromatic heterocycles. The Morgan fingerprint density at radius 1 is 1.36 bits per heavy atom. The lowest BCUT2D eigenvalue weighted by atomic mass is 10.1. The lowest BCUT2D eigenvalue weighted by molar-refractivity contribution is 0.0696. The maximum absolute atomic E-state index is 12.5. The highest BCUT2D eigenvalue weighted by atomic mass is 35.5. The Morgan fingerprint density at radius 2 is 2.00 bits per heavy atom. The molecule has 0 atom stereocenters. The van der Waals surface area contributed by atoms with Crippen LogP contribution in [0.2, 0.25) is 5.02 Å². The van der Waals surface area contributed by atoms with E-state index in [0.29, 0.717) is 5.69 Å². The fourth-order valence-electron chi connectivity index (χ4n) is 1.84. The number of nitrogens with zero attached hydrogens (tertiary/aromatic N) is 3. The van der Waals surface area contributed by atoms with Crippen molar-refractivity contribution in [3.63, 3.8) is 0 Å². The molecule has 0 fully saturated rings. The molecular weight excluding hydrogens is 332 g/mol. The Morgan fingerprint density at radius 3 is 2.50 bits per heavy atom. The molecule has 0 aliphatic rings. The normalized spacial score (nSPS) is 11.5. The number of halogens is 1. The second-order valence-corrected chi connectivity index (χ2v) is 6.72. The third-order valence-corrected chi connectivity index (χ3v) is 4.87. The second kappa shape index (κ2) is 5.58. The molecule has 0 radical (unpaired) electrons. The quantitative estimate of drug-likeness (QED) is 0.870. The van der Waals surface area contributed by atoms with E-state index in [0.717, 1.165) is 0 Å². The van der Waals surface area contributed by atoms with E-state index in [9.17, 15) is 13.2 Å². The molecule has 10 heteroatoms. The molecular formula is C12H13ClN4O4S. The first kappa shape index (κ1) is 16.2. The molecule has 0 saturated heterocycles. The first-order valence-electron chi connectivity index (χ1n) is 6.06. The number of aryl methyl sites for hydroxylation is 1. The van der Waals surface area contributed by atoms with Crippen LogP contribution in [0.15, 0.2) is 17.0 Å². The molecule has 1 aromatic carbocycles. The summed E-state index contributed by atoms with van der Waals surface area (Å²) in [5.41, 5.74) is 0.427. The maximum atomic E-state index is 12.5. The Hall–Kier alpha value is -2.13. The molecule has 2 rings (SSSR count). The number of nitrogens with one attached hydrogen (secondary N) is 1. The summed E-state index contributed by atoms with van der Waals surface area (Å²) in [5, 5.41) is 16.5. The van der Waals surface area contributed by atoms with Crippen molar-refractivity contribution in [2.24, 2.45) is 7.05 Å². The van der Waals surface area contributed by atoms with E-state index in [1.54, 1.807) is 14.0 Å². The molecule has 2 N–H and O–H groups in total. The predicted octanol–water partition coefficient (Wildman–Crippen LogP) is 1.58. The molecule has 0 bridgehead atoms. The van der Waals surface area contributed by atoms with Crippen molar-refractivity contribution in [2.75, 3.05) is 4.72 Å². The van der Waals surface area contributed by atoms with Crippen LogP contribution in [-0.2, 0) is 17.1 Å². The molecule has 118 valence electrons. The lowest BCUT2D eigenvalue weighted by Crippen LogP contribution is -2.17. The molecule has 1 heterocycles. The van der Waals surface area contributed by atoms with E-state index < -0.39 is 16.0 Å². The van der Waals surface area contributed by atoms with E-state index in [4.69, 9.17) is 16.7 Å². The Labute approximate surface area is 131 Å². The maximum Gasteiger partial charge on any atom is 0.336 e. The summed E-state index contributed by atoms with van der Waals surface area (Å²) >= 11 is 5.82. The van der Waals surface area contributed by atoms with Crippen LogP contribution in [0.3, 0.4) is 0 Å². The molecule has 0 saturated carbocycles. The molecule has 0 amide bonds. The number of rotatable bonds is 4. The van der Waals surface area contributed by atoms with Gasteiger partial charge in [0.05, 0.1) is 16.2 Å². The SMILES string of the molecule is Cc1c(C(=O)O)cc(Cl)cc1S(=O)(=O)Nc1nnn(C)c1C. The number of aromatic carboxylic acids is 1. The Bertz CT molecular complexity index is 860. The van der Waals surface area contributed by atoms with Gasteiger partial charge in [0.2, 0.25) is 0 Å². The number of sulfonamides is 1. The van der Waals surface area contributed by atoms with Crippen LogP contribution in [0.4, 0.5) is 5.82 Å². The number of aromatic nitrogens is 3. The van der Waals surface area contributed by atoms with E-state index in [-0.39, 0.29) is 26.9 Å². The van der Waals surface area contributed by atoms with Gasteiger partial charge < -0.3 is 5.11 Å². The lowest BCUT2D eigenvalue weighted by Gasteiger charge is -2.11. The zero-order valence-electron chi connectivity index (χ0n) is 12.0. The van der Waals surface area contributed by atoms with Gasteiger partial charge in [-0.15, -0.1) is 5.10 Å². The number of carboxylic acids is 1. The molecule has 0 spiro atoms. The van der Waals surface area contributed by atoms with Crippen LogP contribution >= 0.6 is 11.6 Å². The monoisotopic (exact) mass is 344 g/mol. The Kier molecular flexibility index (Phi) is 4.12. The summed E-state index contributed by atoms with van der Waals surface area (Å²) in [6.07, 6.45) is 0. The number of hydrogen-bond donors (Lipinski definition) is 2. The van der Waals surface area contributed by atoms with Gasteiger partial charge in [0.25, 0.3) is 10.0 Å². The Balaban J connectivity index is 2.55. The van der Waals surface area contributed by atoms with Gasteiger partial charge in [-0.25, -0.2) is 13.2 Å². The number of benzene rings is 1. The number of carboxylic acid groups (broad SMARTS) is 1. The van der Waals surface area contributed by atoms with Gasteiger partial charge in [0, 0.05) is 12.1 Å². The number of carbonyl (C=O) groups is 1. The summed E-state index contributed by atoms with van der Waals surface area (Å²) in [6.45, 7) is 3.04. The van der Waals surface area contributed by atoms with Gasteiger partial charge in [-0.2, -0.15) is 0 Å². The van der Waals surface area contributed by atoms with Crippen molar-refractivity contribution in [1.82, 2.24) is 15.0 Å². The molecule has 2 aromatic rings. The van der Waals surface area contributed by atoms with Crippen LogP contribution in [-0.4, -0.2) is 34.5 Å². The number of hydrogen-bond acceptors (Lipinski definition) is 5. The summed E-state index contributed by atoms with van der Waals surface area (Å²) in [7, 11) is -2.43. The standard InChI is InChI=1S/C12H13ClN4O4S/c1-6-9(12(18)19)4-8(13)5-10(6)22(20,21)15-11-7(2)17(3)16-14-11/h4-5,15H,1-3H3,(H,18,19). The largest absolute Gasteiger partial charge is 0.478 e. The van der Waals surface area contributed by atoms with Crippen molar-refractivity contribution in [3.8, 4) is 0 Å². The number of anilines is 1. The van der Waals surface area contributed by atoms with Gasteiger partial charge >= 0.3 is 5.97 Å². The van der Waals surface area contributed by atoms with Crippen molar-refractivity contribution < 1.29 is 18.3 Å². The minimum absolute atomic E-state index is 0.0132. The summed E-state index contributed by atoms with van der Waals surface area (Å²) in [4.78, 5) is 10.9. The van der Waals surface area contributed by atoms with E-state index in [1.165, 1.54) is 23.7 Å². The van der Waals surface area contributed by atoms with Crippen LogP contribution in [0, 0.1) is 13.8 Å². The van der Waals surface area contributed by atoms with Gasteiger partial charge in [-0.1, -0.05) is 16.8 Å². The zero-order chi connectivity index (χ0) is 16.7. The van der Waals surface area contributed by atoms with Crippen LogP contribution < -0.4 is 4.72 Å². The van der Waals surface area contributed by atoms with Crippen LogP contribution in [0.25, 0.3) is 0 Å². The summed E-state index contributed by atoms with van der Waals surface area (Å²) in [5.74, 6) is -1.19. The van der Waals surface area contributed by atoms with Gasteiger partial charge in [0.15, 0.2) is 5.82 Å². The minimum atomic E-state index is -4.05. The molecule has 0 aliphatic carbocycles.